The average molecular weight is 325 g/mol. The van der Waals surface area contributed by atoms with Crippen LogP contribution in [0.2, 0.25) is 0 Å². The second-order valence-electron chi connectivity index (χ2n) is 3.69. The van der Waals surface area contributed by atoms with Crippen LogP contribution in [0.4, 0.5) is 0 Å². The minimum absolute atomic E-state index is 0.0413. The highest BCUT2D eigenvalue weighted by atomic mass is 79.9. The van der Waals surface area contributed by atoms with Gasteiger partial charge >= 0.3 is 0 Å². The first-order chi connectivity index (χ1) is 8.72. The Morgan fingerprint density at radius 1 is 1.22 bits per heavy atom. The molecule has 0 unspecified atom stereocenters. The maximum Gasteiger partial charge on any atom is 0.119 e. The van der Waals surface area contributed by atoms with E-state index in [1.807, 2.05) is 42.5 Å². The van der Waals surface area contributed by atoms with E-state index < -0.39 is 0 Å². The second kappa shape index (κ2) is 6.27. The number of hydrogen-bond donors (Lipinski definition) is 1. The molecule has 18 heavy (non-hydrogen) atoms. The van der Waals surface area contributed by atoms with Crippen molar-refractivity contribution in [1.82, 2.24) is 0 Å². The van der Waals surface area contributed by atoms with Crippen LogP contribution in [0, 0.1) is 0 Å². The van der Waals surface area contributed by atoms with Crippen LogP contribution in [0.15, 0.2) is 56.7 Å². The number of ether oxygens (including phenoxy) is 1. The number of methoxy groups -OCH3 is 1. The molecule has 2 rings (SSSR count). The number of benzene rings is 2. The predicted octanol–water partition coefficient (Wildman–Crippen LogP) is 4.10. The van der Waals surface area contributed by atoms with Crippen molar-refractivity contribution >= 4 is 27.7 Å². The summed E-state index contributed by atoms with van der Waals surface area (Å²) in [5, 5.41) is 9.33. The summed E-state index contributed by atoms with van der Waals surface area (Å²) in [6, 6.07) is 13.7. The first kappa shape index (κ1) is 13.5. The standard InChI is InChI=1S/C14H13BrO2S/c1-17-12-3-2-4-13(8-12)18-14-7-11(15)6-5-10(14)9-16/h2-8,16H,9H2,1H3. The van der Waals surface area contributed by atoms with Crippen molar-refractivity contribution in [2.45, 2.75) is 16.4 Å². The van der Waals surface area contributed by atoms with Gasteiger partial charge < -0.3 is 9.84 Å². The van der Waals surface area contributed by atoms with E-state index in [-0.39, 0.29) is 6.61 Å². The minimum atomic E-state index is 0.0413. The summed E-state index contributed by atoms with van der Waals surface area (Å²) in [5.41, 5.74) is 0.922. The molecule has 2 nitrogen and oxygen atoms in total. The van der Waals surface area contributed by atoms with Crippen LogP contribution in [-0.4, -0.2) is 12.2 Å². The lowest BCUT2D eigenvalue weighted by Crippen LogP contribution is -1.88. The van der Waals surface area contributed by atoms with Crippen molar-refractivity contribution in [2.24, 2.45) is 0 Å². The highest BCUT2D eigenvalue weighted by molar-refractivity contribution is 9.10. The Bertz CT molecular complexity index is 543. The van der Waals surface area contributed by atoms with E-state index in [2.05, 4.69) is 15.9 Å². The van der Waals surface area contributed by atoms with Gasteiger partial charge in [-0.25, -0.2) is 0 Å². The van der Waals surface area contributed by atoms with Gasteiger partial charge in [0.05, 0.1) is 13.7 Å². The lowest BCUT2D eigenvalue weighted by atomic mass is 10.2. The van der Waals surface area contributed by atoms with Gasteiger partial charge in [0.2, 0.25) is 0 Å². The SMILES string of the molecule is COc1cccc(Sc2cc(Br)ccc2CO)c1. The van der Waals surface area contributed by atoms with Gasteiger partial charge in [0.1, 0.15) is 5.75 Å². The number of aliphatic hydroxyl groups excluding tert-OH is 1. The van der Waals surface area contributed by atoms with Gasteiger partial charge in [0.25, 0.3) is 0 Å². The Morgan fingerprint density at radius 3 is 2.78 bits per heavy atom. The van der Waals surface area contributed by atoms with Gasteiger partial charge in [0, 0.05) is 14.3 Å². The van der Waals surface area contributed by atoms with E-state index in [4.69, 9.17) is 4.74 Å². The Labute approximate surface area is 119 Å². The molecule has 0 aliphatic rings. The summed E-state index contributed by atoms with van der Waals surface area (Å²) in [7, 11) is 1.65. The number of halogens is 1. The van der Waals surface area contributed by atoms with E-state index in [1.54, 1.807) is 18.9 Å². The highest BCUT2D eigenvalue weighted by Crippen LogP contribution is 2.34. The van der Waals surface area contributed by atoms with Crippen LogP contribution in [0.3, 0.4) is 0 Å². The molecular weight excluding hydrogens is 312 g/mol. The zero-order valence-electron chi connectivity index (χ0n) is 9.89. The zero-order chi connectivity index (χ0) is 13.0. The predicted molar refractivity (Wildman–Crippen MR) is 77.2 cm³/mol. The van der Waals surface area contributed by atoms with E-state index in [0.29, 0.717) is 0 Å². The van der Waals surface area contributed by atoms with Gasteiger partial charge in [-0.15, -0.1) is 0 Å². The van der Waals surface area contributed by atoms with Crippen molar-refractivity contribution in [1.29, 1.82) is 0 Å². The Balaban J connectivity index is 2.29. The van der Waals surface area contributed by atoms with Crippen LogP contribution in [0.25, 0.3) is 0 Å². The van der Waals surface area contributed by atoms with Crippen LogP contribution in [-0.2, 0) is 6.61 Å². The number of rotatable bonds is 4. The summed E-state index contributed by atoms with van der Waals surface area (Å²) in [6.45, 7) is 0.0413. The maximum atomic E-state index is 9.33. The minimum Gasteiger partial charge on any atom is -0.497 e. The average Bonchev–Trinajstić information content (AvgIpc) is 2.39. The summed E-state index contributed by atoms with van der Waals surface area (Å²) >= 11 is 5.06. The Hall–Kier alpha value is -0.970. The first-order valence-electron chi connectivity index (χ1n) is 5.44. The Kier molecular flexibility index (Phi) is 4.69. The summed E-state index contributed by atoms with van der Waals surface area (Å²) in [4.78, 5) is 2.13. The molecule has 0 saturated carbocycles. The fraction of sp³-hybridized carbons (Fsp3) is 0.143. The lowest BCUT2D eigenvalue weighted by molar-refractivity contribution is 0.279. The van der Waals surface area contributed by atoms with Gasteiger partial charge in [-0.3, -0.25) is 0 Å². The third kappa shape index (κ3) is 3.28. The molecule has 0 amide bonds. The molecule has 0 atom stereocenters. The smallest absolute Gasteiger partial charge is 0.119 e. The molecule has 0 aromatic heterocycles. The molecule has 0 radical (unpaired) electrons. The van der Waals surface area contributed by atoms with Crippen molar-refractivity contribution in [3.8, 4) is 5.75 Å². The molecule has 0 spiro atoms. The molecule has 0 aliphatic heterocycles. The highest BCUT2D eigenvalue weighted by Gasteiger charge is 2.05. The molecule has 94 valence electrons. The molecule has 0 aliphatic carbocycles. The quantitative estimate of drug-likeness (QED) is 0.918. The van der Waals surface area contributed by atoms with E-state index >= 15 is 0 Å². The lowest BCUT2D eigenvalue weighted by Gasteiger charge is -2.08. The molecule has 4 heteroatoms. The van der Waals surface area contributed by atoms with Gasteiger partial charge in [-0.1, -0.05) is 39.8 Å². The van der Waals surface area contributed by atoms with Crippen LogP contribution in [0.5, 0.6) is 5.75 Å². The zero-order valence-corrected chi connectivity index (χ0v) is 12.3. The van der Waals surface area contributed by atoms with E-state index in [9.17, 15) is 5.11 Å². The largest absolute Gasteiger partial charge is 0.497 e. The van der Waals surface area contributed by atoms with Gasteiger partial charge in [-0.05, 0) is 35.9 Å². The monoisotopic (exact) mass is 324 g/mol. The molecule has 0 saturated heterocycles. The normalized spacial score (nSPS) is 10.4. The number of hydrogen-bond acceptors (Lipinski definition) is 3. The topological polar surface area (TPSA) is 29.5 Å². The molecule has 2 aromatic carbocycles. The molecule has 0 heterocycles. The van der Waals surface area contributed by atoms with Gasteiger partial charge in [-0.2, -0.15) is 0 Å². The third-order valence-electron chi connectivity index (χ3n) is 2.47. The molecule has 0 fully saturated rings. The summed E-state index contributed by atoms with van der Waals surface area (Å²) in [6.07, 6.45) is 0. The van der Waals surface area contributed by atoms with Crippen LogP contribution in [0.1, 0.15) is 5.56 Å². The van der Waals surface area contributed by atoms with Crippen LogP contribution >= 0.6 is 27.7 Å². The molecule has 0 bridgehead atoms. The van der Waals surface area contributed by atoms with Gasteiger partial charge in [0.15, 0.2) is 0 Å². The maximum absolute atomic E-state index is 9.33. The van der Waals surface area contributed by atoms with E-state index in [0.717, 1.165) is 25.6 Å². The second-order valence-corrected chi connectivity index (χ2v) is 5.72. The van der Waals surface area contributed by atoms with Crippen LogP contribution < -0.4 is 4.74 Å². The van der Waals surface area contributed by atoms with Crippen molar-refractivity contribution in [3.05, 3.63) is 52.5 Å². The molecular formula is C14H13BrO2S. The fourth-order valence-electron chi connectivity index (χ4n) is 1.55. The Morgan fingerprint density at radius 2 is 2.06 bits per heavy atom. The molecule has 1 N–H and O–H groups in total. The summed E-state index contributed by atoms with van der Waals surface area (Å²) < 4.78 is 6.21. The van der Waals surface area contributed by atoms with E-state index in [1.165, 1.54) is 0 Å². The van der Waals surface area contributed by atoms with Crippen molar-refractivity contribution in [3.63, 3.8) is 0 Å². The third-order valence-corrected chi connectivity index (χ3v) is 4.05. The number of aliphatic hydroxyl groups is 1. The molecule has 2 aromatic rings. The van der Waals surface area contributed by atoms with Crippen molar-refractivity contribution in [2.75, 3.05) is 7.11 Å². The first-order valence-corrected chi connectivity index (χ1v) is 7.05. The summed E-state index contributed by atoms with van der Waals surface area (Å²) in [5.74, 6) is 0.834. The van der Waals surface area contributed by atoms with Crippen molar-refractivity contribution < 1.29 is 9.84 Å². The fourth-order valence-corrected chi connectivity index (χ4v) is 3.08.